The highest BCUT2D eigenvalue weighted by atomic mass is 16.6. The predicted octanol–water partition coefficient (Wildman–Crippen LogP) is -0.480. The predicted molar refractivity (Wildman–Crippen MR) is 101 cm³/mol. The van der Waals surface area contributed by atoms with Crippen molar-refractivity contribution in [2.45, 2.75) is 50.7 Å². The molecule has 2 rings (SSSR count). The maximum Gasteiger partial charge on any atom is 0.355 e. The fourth-order valence-corrected chi connectivity index (χ4v) is 2.52. The van der Waals surface area contributed by atoms with Crippen molar-refractivity contribution in [1.29, 1.82) is 0 Å². The van der Waals surface area contributed by atoms with Gasteiger partial charge in [-0.25, -0.2) is 4.79 Å². The van der Waals surface area contributed by atoms with E-state index < -0.39 is 42.5 Å². The SMILES string of the molecule is CC(C)(C)OC(=O)/C(=C/c1ccc(O)cc1)NC1=N[C@H](CO)[C@@H](O)[C@H](O)[C@H]1O. The van der Waals surface area contributed by atoms with E-state index in [0.717, 1.165) is 0 Å². The van der Waals surface area contributed by atoms with E-state index in [2.05, 4.69) is 10.3 Å². The number of hydrogen-bond acceptors (Lipinski definition) is 9. The van der Waals surface area contributed by atoms with Crippen LogP contribution >= 0.6 is 0 Å². The number of nitrogens with zero attached hydrogens (tertiary/aromatic N) is 1. The second kappa shape index (κ2) is 8.70. The van der Waals surface area contributed by atoms with Crippen molar-refractivity contribution in [1.82, 2.24) is 5.32 Å². The molecule has 0 unspecified atom stereocenters. The van der Waals surface area contributed by atoms with Gasteiger partial charge in [-0.05, 0) is 44.5 Å². The van der Waals surface area contributed by atoms with E-state index in [9.17, 15) is 30.3 Å². The smallest absolute Gasteiger partial charge is 0.355 e. The van der Waals surface area contributed by atoms with Crippen molar-refractivity contribution < 1.29 is 35.1 Å². The molecule has 0 amide bonds. The highest BCUT2D eigenvalue weighted by Crippen LogP contribution is 2.19. The van der Waals surface area contributed by atoms with Gasteiger partial charge in [-0.2, -0.15) is 0 Å². The molecular formula is C19H26N2O7. The number of rotatable bonds is 4. The molecule has 9 heteroatoms. The summed E-state index contributed by atoms with van der Waals surface area (Å²) in [5, 5.41) is 51.4. The third kappa shape index (κ3) is 5.52. The Kier molecular flexibility index (Phi) is 6.78. The largest absolute Gasteiger partial charge is 0.508 e. The zero-order chi connectivity index (χ0) is 21.1. The fourth-order valence-electron chi connectivity index (χ4n) is 2.52. The Bertz CT molecular complexity index is 753. The number of aliphatic imine (C=N–C) groups is 1. The third-order valence-corrected chi connectivity index (χ3v) is 3.93. The van der Waals surface area contributed by atoms with Crippen LogP contribution in [0.4, 0.5) is 0 Å². The van der Waals surface area contributed by atoms with Crippen molar-refractivity contribution in [2.24, 2.45) is 4.99 Å². The Hall–Kier alpha value is -2.46. The van der Waals surface area contributed by atoms with Gasteiger partial charge in [0.1, 0.15) is 47.2 Å². The third-order valence-electron chi connectivity index (χ3n) is 3.93. The molecule has 0 saturated heterocycles. The minimum absolute atomic E-state index is 0.0545. The average Bonchev–Trinajstić information content (AvgIpc) is 2.61. The summed E-state index contributed by atoms with van der Waals surface area (Å²) in [5.41, 5.74) is -0.321. The van der Waals surface area contributed by atoms with Gasteiger partial charge in [0, 0.05) is 0 Å². The van der Waals surface area contributed by atoms with Gasteiger partial charge in [0.05, 0.1) is 6.61 Å². The molecule has 1 heterocycles. The van der Waals surface area contributed by atoms with Crippen LogP contribution < -0.4 is 5.32 Å². The van der Waals surface area contributed by atoms with Crippen molar-refractivity contribution in [3.63, 3.8) is 0 Å². The number of esters is 1. The number of carbonyl (C=O) groups is 1. The molecule has 0 spiro atoms. The maximum absolute atomic E-state index is 12.6. The molecule has 0 aromatic heterocycles. The van der Waals surface area contributed by atoms with Gasteiger partial charge < -0.3 is 35.6 Å². The zero-order valence-corrected chi connectivity index (χ0v) is 15.9. The van der Waals surface area contributed by atoms with Gasteiger partial charge in [0.25, 0.3) is 0 Å². The second-order valence-corrected chi connectivity index (χ2v) is 7.47. The molecule has 0 aliphatic carbocycles. The van der Waals surface area contributed by atoms with Crippen molar-refractivity contribution in [2.75, 3.05) is 6.61 Å². The topological polar surface area (TPSA) is 152 Å². The number of amidine groups is 1. The molecule has 1 aromatic carbocycles. The standard InChI is InChI=1S/C19H26N2O7/c1-19(2,3)28-18(27)12(8-10-4-6-11(23)7-5-10)20-17-16(26)15(25)14(24)13(9-22)21-17/h4-8,13-16,22-26H,9H2,1-3H3,(H,20,21)/b12-8-/t13-,14-,15+,16-/m1/s1. The average molecular weight is 394 g/mol. The summed E-state index contributed by atoms with van der Waals surface area (Å²) in [5.74, 6) is -0.872. The van der Waals surface area contributed by atoms with Crippen LogP contribution in [0.2, 0.25) is 0 Å². The number of carbonyl (C=O) groups excluding carboxylic acids is 1. The van der Waals surface area contributed by atoms with Gasteiger partial charge in [0.15, 0.2) is 0 Å². The minimum Gasteiger partial charge on any atom is -0.508 e. The molecule has 9 nitrogen and oxygen atoms in total. The lowest BCUT2D eigenvalue weighted by molar-refractivity contribution is -0.150. The van der Waals surface area contributed by atoms with E-state index >= 15 is 0 Å². The van der Waals surface area contributed by atoms with Crippen molar-refractivity contribution >= 4 is 17.9 Å². The van der Waals surface area contributed by atoms with Crippen LogP contribution in [0.1, 0.15) is 26.3 Å². The number of phenolic OH excluding ortho intramolecular Hbond substituents is 1. The molecule has 1 aliphatic rings. The molecule has 28 heavy (non-hydrogen) atoms. The van der Waals surface area contributed by atoms with Crippen molar-refractivity contribution in [3.05, 3.63) is 35.5 Å². The van der Waals surface area contributed by atoms with Crippen LogP contribution in [-0.2, 0) is 9.53 Å². The number of nitrogens with one attached hydrogen (secondary N) is 1. The van der Waals surface area contributed by atoms with E-state index in [4.69, 9.17) is 4.74 Å². The first-order valence-corrected chi connectivity index (χ1v) is 8.75. The number of aromatic hydroxyl groups is 1. The molecule has 6 N–H and O–H groups in total. The quantitative estimate of drug-likeness (QED) is 0.296. The van der Waals surface area contributed by atoms with E-state index in [1.165, 1.54) is 18.2 Å². The highest BCUT2D eigenvalue weighted by molar-refractivity contribution is 6.01. The fraction of sp³-hybridized carbons (Fsp3) is 0.474. The maximum atomic E-state index is 12.6. The van der Waals surface area contributed by atoms with Crippen LogP contribution in [0.5, 0.6) is 5.75 Å². The molecule has 0 fully saturated rings. The number of benzene rings is 1. The Morgan fingerprint density at radius 2 is 1.79 bits per heavy atom. The first kappa shape index (κ1) is 21.8. The lowest BCUT2D eigenvalue weighted by Gasteiger charge is -2.33. The number of phenols is 1. The Balaban J connectivity index is 2.38. The summed E-state index contributed by atoms with van der Waals surface area (Å²) in [4.78, 5) is 16.6. The lowest BCUT2D eigenvalue weighted by atomic mass is 9.97. The van der Waals surface area contributed by atoms with E-state index in [1.807, 2.05) is 0 Å². The van der Waals surface area contributed by atoms with Crippen molar-refractivity contribution in [3.8, 4) is 5.75 Å². The molecule has 4 atom stereocenters. The number of ether oxygens (including phenoxy) is 1. The summed E-state index contributed by atoms with van der Waals surface area (Å²) in [6.45, 7) is 4.52. The van der Waals surface area contributed by atoms with Crippen LogP contribution in [0.25, 0.3) is 6.08 Å². The molecule has 0 saturated carbocycles. The molecule has 0 radical (unpaired) electrons. The first-order chi connectivity index (χ1) is 13.0. The molecular weight excluding hydrogens is 368 g/mol. The number of aliphatic hydroxyl groups excluding tert-OH is 4. The summed E-state index contributed by atoms with van der Waals surface area (Å²) >= 11 is 0. The van der Waals surface area contributed by atoms with E-state index in [1.54, 1.807) is 32.9 Å². The van der Waals surface area contributed by atoms with Crippen LogP contribution in [0, 0.1) is 0 Å². The van der Waals surface area contributed by atoms with Crippen LogP contribution in [0.3, 0.4) is 0 Å². The normalized spacial score (nSPS) is 25.8. The van der Waals surface area contributed by atoms with E-state index in [0.29, 0.717) is 5.56 Å². The van der Waals surface area contributed by atoms with Gasteiger partial charge in [-0.15, -0.1) is 0 Å². The summed E-state index contributed by atoms with van der Waals surface area (Å²) in [6, 6.07) is 4.95. The molecule has 0 bridgehead atoms. The lowest BCUT2D eigenvalue weighted by Crippen LogP contribution is -2.56. The minimum atomic E-state index is -1.59. The Morgan fingerprint density at radius 3 is 2.32 bits per heavy atom. The number of hydrogen-bond donors (Lipinski definition) is 6. The van der Waals surface area contributed by atoms with Gasteiger partial charge in [-0.3, -0.25) is 4.99 Å². The van der Waals surface area contributed by atoms with Crippen LogP contribution in [0.15, 0.2) is 35.0 Å². The molecule has 1 aliphatic heterocycles. The molecule has 154 valence electrons. The summed E-state index contributed by atoms with van der Waals surface area (Å²) in [6.07, 6.45) is -3.21. The van der Waals surface area contributed by atoms with Crippen LogP contribution in [-0.4, -0.2) is 73.9 Å². The molecule has 1 aromatic rings. The second-order valence-electron chi connectivity index (χ2n) is 7.47. The van der Waals surface area contributed by atoms with Gasteiger partial charge >= 0.3 is 5.97 Å². The highest BCUT2D eigenvalue weighted by Gasteiger charge is 2.39. The zero-order valence-electron chi connectivity index (χ0n) is 15.9. The summed E-state index contributed by atoms with van der Waals surface area (Å²) in [7, 11) is 0. The van der Waals surface area contributed by atoms with E-state index in [-0.39, 0.29) is 17.3 Å². The summed E-state index contributed by atoms with van der Waals surface area (Å²) < 4.78 is 5.36. The first-order valence-electron chi connectivity index (χ1n) is 8.75. The van der Waals surface area contributed by atoms with Gasteiger partial charge in [0.2, 0.25) is 0 Å². The van der Waals surface area contributed by atoms with Gasteiger partial charge in [-0.1, -0.05) is 12.1 Å². The Morgan fingerprint density at radius 1 is 1.18 bits per heavy atom. The number of aliphatic hydroxyl groups is 4. The Labute approximate surface area is 162 Å². The monoisotopic (exact) mass is 394 g/mol.